The Bertz CT molecular complexity index is 771. The van der Waals surface area contributed by atoms with Crippen LogP contribution in [0.2, 0.25) is 0 Å². The van der Waals surface area contributed by atoms with Gasteiger partial charge in [0.1, 0.15) is 0 Å². The predicted molar refractivity (Wildman–Crippen MR) is 96.7 cm³/mol. The maximum Gasteiger partial charge on any atom is 0.220 e. The van der Waals surface area contributed by atoms with Crippen molar-refractivity contribution in [3.8, 4) is 11.1 Å². The second-order valence-electron chi connectivity index (χ2n) is 7.24. The van der Waals surface area contributed by atoms with Gasteiger partial charge in [-0.1, -0.05) is 23.8 Å². The summed E-state index contributed by atoms with van der Waals surface area (Å²) in [5.41, 5.74) is 8.94. The highest BCUT2D eigenvalue weighted by atomic mass is 16.3. The number of rotatable bonds is 5. The highest BCUT2D eigenvalue weighted by Gasteiger charge is 2.34. The average Bonchev–Trinajstić information content (AvgIpc) is 2.94. The first-order valence-electron chi connectivity index (χ1n) is 8.66. The van der Waals surface area contributed by atoms with Crippen molar-refractivity contribution in [2.45, 2.75) is 38.3 Å². The molecule has 1 aromatic carbocycles. The Morgan fingerprint density at radius 1 is 1.44 bits per heavy atom. The van der Waals surface area contributed by atoms with E-state index in [9.17, 15) is 9.90 Å². The lowest BCUT2D eigenvalue weighted by Gasteiger charge is -2.39. The molecule has 1 atom stereocenters. The summed E-state index contributed by atoms with van der Waals surface area (Å²) in [4.78, 5) is 13.5. The highest BCUT2D eigenvalue weighted by molar-refractivity contribution is 5.75. The van der Waals surface area contributed by atoms with Crippen molar-refractivity contribution in [2.24, 2.45) is 12.8 Å². The van der Waals surface area contributed by atoms with E-state index in [1.54, 1.807) is 4.68 Å². The third kappa shape index (κ3) is 4.27. The Morgan fingerprint density at radius 2 is 2.24 bits per heavy atom. The van der Waals surface area contributed by atoms with Gasteiger partial charge in [-0.3, -0.25) is 14.4 Å². The van der Waals surface area contributed by atoms with Gasteiger partial charge in [0.2, 0.25) is 5.91 Å². The minimum atomic E-state index is -1.01. The molecule has 25 heavy (non-hydrogen) atoms. The van der Waals surface area contributed by atoms with Crippen molar-refractivity contribution < 1.29 is 9.90 Å². The Hall–Kier alpha value is -2.18. The molecular formula is C19H26N4O2. The van der Waals surface area contributed by atoms with Crippen molar-refractivity contribution in [3.05, 3.63) is 41.7 Å². The Balaban J connectivity index is 1.82. The van der Waals surface area contributed by atoms with E-state index in [-0.39, 0.29) is 6.42 Å². The van der Waals surface area contributed by atoms with Gasteiger partial charge in [0.25, 0.3) is 0 Å². The molecule has 1 aliphatic heterocycles. The van der Waals surface area contributed by atoms with Crippen LogP contribution in [-0.4, -0.2) is 44.4 Å². The van der Waals surface area contributed by atoms with Gasteiger partial charge < -0.3 is 10.8 Å². The van der Waals surface area contributed by atoms with E-state index in [1.165, 1.54) is 11.1 Å². The third-order valence-electron chi connectivity index (χ3n) is 4.81. The van der Waals surface area contributed by atoms with E-state index >= 15 is 0 Å². The number of primary amides is 1. The number of carbonyl (C=O) groups excluding carboxylic acids is 1. The van der Waals surface area contributed by atoms with Crippen LogP contribution in [0.3, 0.4) is 0 Å². The van der Waals surface area contributed by atoms with Gasteiger partial charge in [-0.2, -0.15) is 5.10 Å². The zero-order valence-electron chi connectivity index (χ0n) is 14.9. The smallest absolute Gasteiger partial charge is 0.220 e. The molecule has 134 valence electrons. The highest BCUT2D eigenvalue weighted by Crippen LogP contribution is 2.29. The summed E-state index contributed by atoms with van der Waals surface area (Å²) in [5.74, 6) is -0.448. The fourth-order valence-corrected chi connectivity index (χ4v) is 3.71. The number of β-amino-alcohol motifs (C(OH)–C–C–N with tert-alkyl or cyclic N) is 1. The number of nitrogens with zero attached hydrogens (tertiary/aromatic N) is 3. The van der Waals surface area contributed by atoms with E-state index in [0.717, 1.165) is 30.6 Å². The van der Waals surface area contributed by atoms with Crippen LogP contribution in [0.15, 0.2) is 30.6 Å². The lowest BCUT2D eigenvalue weighted by molar-refractivity contribution is -0.125. The molecule has 1 saturated heterocycles. The Kier molecular flexibility index (Phi) is 4.92. The molecule has 0 bridgehead atoms. The monoisotopic (exact) mass is 342 g/mol. The van der Waals surface area contributed by atoms with Crippen LogP contribution in [0.25, 0.3) is 11.1 Å². The number of nitrogens with two attached hydrogens (primary N) is 1. The Labute approximate surface area is 148 Å². The number of aromatic nitrogens is 2. The molecule has 1 aromatic heterocycles. The zero-order chi connectivity index (χ0) is 18.0. The second kappa shape index (κ2) is 6.98. The molecule has 1 amide bonds. The van der Waals surface area contributed by atoms with Crippen LogP contribution in [0.1, 0.15) is 30.4 Å². The summed E-state index contributed by atoms with van der Waals surface area (Å²) in [6, 6.07) is 6.42. The van der Waals surface area contributed by atoms with E-state index in [4.69, 9.17) is 5.73 Å². The number of amides is 1. The molecule has 2 aromatic rings. The lowest BCUT2D eigenvalue weighted by Crippen LogP contribution is -2.49. The molecule has 1 aliphatic rings. The maximum atomic E-state index is 11.3. The van der Waals surface area contributed by atoms with Crippen molar-refractivity contribution in [1.29, 1.82) is 0 Å². The van der Waals surface area contributed by atoms with Crippen LogP contribution >= 0.6 is 0 Å². The van der Waals surface area contributed by atoms with Crippen molar-refractivity contribution in [3.63, 3.8) is 0 Å². The normalized spacial score (nSPS) is 21.4. The zero-order valence-corrected chi connectivity index (χ0v) is 14.9. The first-order chi connectivity index (χ1) is 11.8. The molecule has 2 heterocycles. The van der Waals surface area contributed by atoms with Gasteiger partial charge in [0.15, 0.2) is 0 Å². The van der Waals surface area contributed by atoms with Gasteiger partial charge >= 0.3 is 0 Å². The number of likely N-dealkylation sites (tertiary alicyclic amines) is 1. The fraction of sp³-hybridized carbons (Fsp3) is 0.474. The first-order valence-corrected chi connectivity index (χ1v) is 8.66. The van der Waals surface area contributed by atoms with Crippen molar-refractivity contribution in [2.75, 3.05) is 13.1 Å². The number of aryl methyl sites for hydroxylation is 2. The second-order valence-corrected chi connectivity index (χ2v) is 7.24. The molecule has 0 saturated carbocycles. The van der Waals surface area contributed by atoms with Gasteiger partial charge in [-0.05, 0) is 37.4 Å². The van der Waals surface area contributed by atoms with Crippen LogP contribution in [0, 0.1) is 6.92 Å². The molecule has 0 aliphatic carbocycles. The van der Waals surface area contributed by atoms with E-state index in [0.29, 0.717) is 13.0 Å². The molecular weight excluding hydrogens is 316 g/mol. The molecule has 6 heteroatoms. The summed E-state index contributed by atoms with van der Waals surface area (Å²) in [6.07, 6.45) is 5.39. The van der Waals surface area contributed by atoms with Crippen molar-refractivity contribution in [1.82, 2.24) is 14.7 Å². The van der Waals surface area contributed by atoms with Crippen LogP contribution in [0.4, 0.5) is 0 Å². The van der Waals surface area contributed by atoms with Crippen LogP contribution in [0.5, 0.6) is 0 Å². The maximum absolute atomic E-state index is 11.3. The van der Waals surface area contributed by atoms with Crippen LogP contribution < -0.4 is 5.73 Å². The predicted octanol–water partition coefficient (Wildman–Crippen LogP) is 1.60. The number of hydrogen-bond acceptors (Lipinski definition) is 4. The average molecular weight is 342 g/mol. The summed E-state index contributed by atoms with van der Waals surface area (Å²) in [7, 11) is 1.91. The van der Waals surface area contributed by atoms with Gasteiger partial charge in [-0.15, -0.1) is 0 Å². The Morgan fingerprint density at radius 3 is 2.92 bits per heavy atom. The summed E-state index contributed by atoms with van der Waals surface area (Å²) >= 11 is 0. The lowest BCUT2D eigenvalue weighted by atomic mass is 9.88. The quantitative estimate of drug-likeness (QED) is 0.864. The third-order valence-corrected chi connectivity index (χ3v) is 4.81. The molecule has 6 nitrogen and oxygen atoms in total. The van der Waals surface area contributed by atoms with E-state index < -0.39 is 11.5 Å². The van der Waals surface area contributed by atoms with E-state index in [2.05, 4.69) is 35.1 Å². The first kappa shape index (κ1) is 17.6. The number of carbonyl (C=O) groups is 1. The van der Waals surface area contributed by atoms with Gasteiger partial charge in [0, 0.05) is 31.9 Å². The van der Waals surface area contributed by atoms with E-state index in [1.807, 2.05) is 19.4 Å². The largest absolute Gasteiger partial charge is 0.388 e. The summed E-state index contributed by atoms with van der Waals surface area (Å²) < 4.78 is 1.80. The van der Waals surface area contributed by atoms with Gasteiger partial charge in [0.05, 0.1) is 18.2 Å². The number of benzene rings is 1. The van der Waals surface area contributed by atoms with Crippen molar-refractivity contribution >= 4 is 5.91 Å². The summed E-state index contributed by atoms with van der Waals surface area (Å²) in [5, 5.41) is 14.9. The van der Waals surface area contributed by atoms with Crippen LogP contribution in [-0.2, 0) is 18.4 Å². The molecule has 1 fully saturated rings. The molecule has 3 rings (SSSR count). The number of aliphatic hydroxyl groups is 1. The minimum Gasteiger partial charge on any atom is -0.388 e. The SMILES string of the molecule is Cc1ccc(CN2CCCC(O)(CC(N)=O)C2)c(-c2cnn(C)c2)c1. The summed E-state index contributed by atoms with van der Waals surface area (Å²) in [6.45, 7) is 4.18. The molecule has 3 N–H and O–H groups in total. The molecule has 0 spiro atoms. The molecule has 1 unspecified atom stereocenters. The number of piperidine rings is 1. The topological polar surface area (TPSA) is 84.4 Å². The molecule has 0 radical (unpaired) electrons. The number of hydrogen-bond donors (Lipinski definition) is 2. The van der Waals surface area contributed by atoms with Gasteiger partial charge in [-0.25, -0.2) is 0 Å². The fourth-order valence-electron chi connectivity index (χ4n) is 3.71. The minimum absolute atomic E-state index is 0.0207. The standard InChI is InChI=1S/C19H26N4O2/c1-14-4-5-15(17(8-14)16-10-21-22(2)11-16)12-23-7-3-6-19(25,13-23)9-18(20)24/h4-5,8,10-11,25H,3,6-7,9,12-13H2,1-2H3,(H2,20,24).